The van der Waals surface area contributed by atoms with E-state index in [0.29, 0.717) is 11.3 Å². The summed E-state index contributed by atoms with van der Waals surface area (Å²) >= 11 is 0. The number of primary amides is 1. The highest BCUT2D eigenvalue weighted by molar-refractivity contribution is 5.98. The highest BCUT2D eigenvalue weighted by Gasteiger charge is 2.12. The zero-order valence-electron chi connectivity index (χ0n) is 7.85. The van der Waals surface area contributed by atoms with E-state index in [0.717, 1.165) is 0 Å². The predicted octanol–water partition coefficient (Wildman–Crippen LogP) is 1.74. The molecule has 14 heavy (non-hydrogen) atoms. The Morgan fingerprint density at radius 1 is 1.64 bits per heavy atom. The zero-order valence-corrected chi connectivity index (χ0v) is 7.85. The largest absolute Gasteiger partial charge is 0.366 e. The molecule has 1 heterocycles. The molecule has 0 aliphatic heterocycles. The minimum atomic E-state index is -0.641. The summed E-state index contributed by atoms with van der Waals surface area (Å²) in [4.78, 5) is 17.5. The molecule has 1 aromatic rings. The van der Waals surface area contributed by atoms with Crippen molar-refractivity contribution in [2.75, 3.05) is 0 Å². The number of aryl methyl sites for hydroxylation is 2. The van der Waals surface area contributed by atoms with Crippen LogP contribution in [0.1, 0.15) is 21.6 Å². The van der Waals surface area contributed by atoms with Crippen molar-refractivity contribution in [3.8, 4) is 0 Å². The Hall–Kier alpha value is -2.07. The molecular formula is C8H9N5O. The molecule has 72 valence electrons. The fourth-order valence-corrected chi connectivity index (χ4v) is 1.24. The first kappa shape index (κ1) is 10.0. The monoisotopic (exact) mass is 191 g/mol. The van der Waals surface area contributed by atoms with Crippen LogP contribution >= 0.6 is 0 Å². The molecule has 0 saturated carbocycles. The van der Waals surface area contributed by atoms with Crippen LogP contribution < -0.4 is 5.73 Å². The van der Waals surface area contributed by atoms with E-state index >= 15 is 0 Å². The van der Waals surface area contributed by atoms with Gasteiger partial charge in [-0.2, -0.15) is 0 Å². The van der Waals surface area contributed by atoms with Crippen LogP contribution in [-0.2, 0) is 0 Å². The van der Waals surface area contributed by atoms with Crippen molar-refractivity contribution in [1.29, 1.82) is 0 Å². The SMILES string of the molecule is Cc1cc(C)c(C(N)=O)c(N=[N+]=[N-])n1. The third kappa shape index (κ3) is 1.81. The van der Waals surface area contributed by atoms with Gasteiger partial charge in [0.15, 0.2) is 0 Å². The Kier molecular flexibility index (Phi) is 2.69. The van der Waals surface area contributed by atoms with Crippen molar-refractivity contribution in [1.82, 2.24) is 4.98 Å². The second-order valence-corrected chi connectivity index (χ2v) is 2.83. The Morgan fingerprint density at radius 2 is 2.29 bits per heavy atom. The van der Waals surface area contributed by atoms with Crippen molar-refractivity contribution in [3.05, 3.63) is 33.3 Å². The number of carbonyl (C=O) groups excluding carboxylic acids is 1. The summed E-state index contributed by atoms with van der Waals surface area (Å²) in [5, 5.41) is 3.32. The minimum absolute atomic E-state index is 0.0394. The van der Waals surface area contributed by atoms with E-state index in [2.05, 4.69) is 15.0 Å². The number of nitrogens with zero attached hydrogens (tertiary/aromatic N) is 4. The van der Waals surface area contributed by atoms with E-state index in [1.54, 1.807) is 19.9 Å². The van der Waals surface area contributed by atoms with Gasteiger partial charge in [0, 0.05) is 10.6 Å². The number of hydrogen-bond donors (Lipinski definition) is 1. The molecule has 0 fully saturated rings. The quantitative estimate of drug-likeness (QED) is 0.436. The summed E-state index contributed by atoms with van der Waals surface area (Å²) in [5.41, 5.74) is 14.9. The average Bonchev–Trinajstić information content (AvgIpc) is 2.01. The van der Waals surface area contributed by atoms with Gasteiger partial charge in [0.2, 0.25) is 0 Å². The van der Waals surface area contributed by atoms with Crippen LogP contribution in [0.2, 0.25) is 0 Å². The lowest BCUT2D eigenvalue weighted by atomic mass is 10.1. The van der Waals surface area contributed by atoms with Crippen LogP contribution in [0.25, 0.3) is 10.4 Å². The van der Waals surface area contributed by atoms with E-state index in [1.807, 2.05) is 0 Å². The second-order valence-electron chi connectivity index (χ2n) is 2.83. The Morgan fingerprint density at radius 3 is 2.79 bits per heavy atom. The standard InChI is InChI=1S/C8H9N5O/c1-4-3-5(2)11-8(12-13-10)6(4)7(9)14/h3H,1-2H3,(H2,9,14). The van der Waals surface area contributed by atoms with E-state index in [4.69, 9.17) is 11.3 Å². The number of carbonyl (C=O) groups is 1. The molecule has 1 aromatic heterocycles. The van der Waals surface area contributed by atoms with Crippen LogP contribution in [-0.4, -0.2) is 10.9 Å². The third-order valence-electron chi connectivity index (χ3n) is 1.71. The van der Waals surface area contributed by atoms with Crippen LogP contribution in [0.3, 0.4) is 0 Å². The smallest absolute Gasteiger partial charge is 0.251 e. The molecule has 0 saturated heterocycles. The van der Waals surface area contributed by atoms with Crippen molar-refractivity contribution >= 4 is 11.7 Å². The minimum Gasteiger partial charge on any atom is -0.366 e. The summed E-state index contributed by atoms with van der Waals surface area (Å²) in [6.07, 6.45) is 0. The highest BCUT2D eigenvalue weighted by Crippen LogP contribution is 2.20. The Balaban J connectivity index is 3.51. The fourth-order valence-electron chi connectivity index (χ4n) is 1.24. The molecule has 0 atom stereocenters. The summed E-state index contributed by atoms with van der Waals surface area (Å²) in [6, 6.07) is 1.70. The molecule has 6 nitrogen and oxygen atoms in total. The summed E-state index contributed by atoms with van der Waals surface area (Å²) < 4.78 is 0. The van der Waals surface area contributed by atoms with Gasteiger partial charge in [0.05, 0.1) is 5.56 Å². The summed E-state index contributed by atoms with van der Waals surface area (Å²) in [7, 11) is 0. The molecule has 0 spiro atoms. The molecular weight excluding hydrogens is 182 g/mol. The molecule has 1 amide bonds. The van der Waals surface area contributed by atoms with E-state index in [-0.39, 0.29) is 11.4 Å². The summed E-state index contributed by atoms with van der Waals surface area (Å²) in [5.74, 6) is -0.602. The van der Waals surface area contributed by atoms with E-state index < -0.39 is 5.91 Å². The van der Waals surface area contributed by atoms with Gasteiger partial charge in [-0.05, 0) is 36.1 Å². The molecule has 0 unspecified atom stereocenters. The van der Waals surface area contributed by atoms with Crippen molar-refractivity contribution in [3.63, 3.8) is 0 Å². The number of azide groups is 1. The van der Waals surface area contributed by atoms with Gasteiger partial charge in [0.25, 0.3) is 5.91 Å². The van der Waals surface area contributed by atoms with Gasteiger partial charge in [-0.15, -0.1) is 0 Å². The maximum absolute atomic E-state index is 11.0. The van der Waals surface area contributed by atoms with Crippen LogP contribution in [0.15, 0.2) is 11.2 Å². The Labute approximate surface area is 80.4 Å². The summed E-state index contributed by atoms with van der Waals surface area (Å²) in [6.45, 7) is 3.46. The van der Waals surface area contributed by atoms with E-state index in [1.165, 1.54) is 0 Å². The first-order valence-electron chi connectivity index (χ1n) is 3.89. The number of amides is 1. The number of aromatic nitrogens is 1. The lowest BCUT2D eigenvalue weighted by Gasteiger charge is -2.05. The molecule has 0 bridgehead atoms. The fraction of sp³-hybridized carbons (Fsp3) is 0.250. The molecule has 0 radical (unpaired) electrons. The topological polar surface area (TPSA) is 105 Å². The molecule has 0 aliphatic carbocycles. The van der Waals surface area contributed by atoms with Crippen LogP contribution in [0, 0.1) is 13.8 Å². The lowest BCUT2D eigenvalue weighted by molar-refractivity contribution is 0.1000. The maximum atomic E-state index is 11.0. The van der Waals surface area contributed by atoms with Crippen molar-refractivity contribution < 1.29 is 4.79 Å². The average molecular weight is 191 g/mol. The van der Waals surface area contributed by atoms with Crippen molar-refractivity contribution in [2.24, 2.45) is 10.8 Å². The van der Waals surface area contributed by atoms with Gasteiger partial charge in [-0.25, -0.2) is 0 Å². The zero-order chi connectivity index (χ0) is 10.7. The van der Waals surface area contributed by atoms with Gasteiger partial charge in [0.1, 0.15) is 5.82 Å². The highest BCUT2D eigenvalue weighted by atomic mass is 16.1. The predicted molar refractivity (Wildman–Crippen MR) is 51.0 cm³/mol. The molecule has 1 rings (SSSR count). The number of pyridine rings is 1. The number of nitrogens with two attached hydrogens (primary N) is 1. The lowest BCUT2D eigenvalue weighted by Crippen LogP contribution is -2.13. The molecule has 2 N–H and O–H groups in total. The van der Waals surface area contributed by atoms with Crippen LogP contribution in [0.5, 0.6) is 0 Å². The molecule has 0 aliphatic rings. The number of rotatable bonds is 2. The van der Waals surface area contributed by atoms with E-state index in [9.17, 15) is 4.79 Å². The third-order valence-corrected chi connectivity index (χ3v) is 1.71. The Bertz CT molecular complexity index is 434. The first-order valence-corrected chi connectivity index (χ1v) is 3.89. The van der Waals surface area contributed by atoms with Gasteiger partial charge < -0.3 is 5.73 Å². The molecule has 0 aromatic carbocycles. The van der Waals surface area contributed by atoms with Gasteiger partial charge in [-0.1, -0.05) is 0 Å². The normalized spacial score (nSPS) is 9.29. The maximum Gasteiger partial charge on any atom is 0.251 e. The van der Waals surface area contributed by atoms with Gasteiger partial charge >= 0.3 is 0 Å². The second kappa shape index (κ2) is 3.76. The van der Waals surface area contributed by atoms with Crippen LogP contribution in [0.4, 0.5) is 5.82 Å². The number of hydrogen-bond acceptors (Lipinski definition) is 3. The molecule has 6 heteroatoms. The first-order chi connectivity index (χ1) is 6.56. The van der Waals surface area contributed by atoms with Crippen molar-refractivity contribution in [2.45, 2.75) is 13.8 Å². The van der Waals surface area contributed by atoms with Gasteiger partial charge in [-0.3, -0.25) is 9.78 Å².